The van der Waals surface area contributed by atoms with Crippen molar-refractivity contribution in [1.82, 2.24) is 4.90 Å². The van der Waals surface area contributed by atoms with Crippen LogP contribution in [-0.2, 0) is 12.8 Å². The second-order valence-electron chi connectivity index (χ2n) is 7.18. The minimum Gasteiger partial charge on any atom is -0.396 e. The number of carbonyl (C=O) groups is 1. The average Bonchev–Trinajstić information content (AvgIpc) is 2.96. The van der Waals surface area contributed by atoms with Crippen LogP contribution in [0.2, 0.25) is 0 Å². The van der Waals surface area contributed by atoms with Crippen LogP contribution >= 0.6 is 11.3 Å². The van der Waals surface area contributed by atoms with Crippen LogP contribution in [0.15, 0.2) is 6.07 Å². The number of aryl methyl sites for hydroxylation is 1. The lowest BCUT2D eigenvalue weighted by atomic mass is 9.86. The topological polar surface area (TPSA) is 40.5 Å². The molecule has 1 heterocycles. The van der Waals surface area contributed by atoms with Crippen molar-refractivity contribution in [1.29, 1.82) is 0 Å². The molecule has 122 valence electrons. The number of amides is 1. The standard InChI is InChI=1S/C18H27NO2S/c1-12-3-8-16-14(9-12)10-17(22-16)18(21)19(2)15-6-4-13(11-20)5-7-15/h10,12-13,15,20H,3-9,11H2,1-2H3. The Balaban J connectivity index is 1.66. The maximum atomic E-state index is 12.8. The summed E-state index contributed by atoms with van der Waals surface area (Å²) >= 11 is 1.71. The zero-order valence-corrected chi connectivity index (χ0v) is 14.5. The van der Waals surface area contributed by atoms with Crippen LogP contribution in [-0.4, -0.2) is 35.6 Å². The molecule has 1 amide bonds. The third kappa shape index (κ3) is 3.23. The normalized spacial score (nSPS) is 28.2. The third-order valence-electron chi connectivity index (χ3n) is 5.48. The van der Waals surface area contributed by atoms with Crippen molar-refractivity contribution >= 4 is 17.2 Å². The molecule has 0 aromatic carbocycles. The molecule has 2 aliphatic rings. The molecule has 0 bridgehead atoms. The Bertz CT molecular complexity index is 531. The zero-order chi connectivity index (χ0) is 15.7. The van der Waals surface area contributed by atoms with E-state index in [1.165, 1.54) is 16.9 Å². The van der Waals surface area contributed by atoms with Gasteiger partial charge < -0.3 is 10.0 Å². The van der Waals surface area contributed by atoms with Gasteiger partial charge in [-0.25, -0.2) is 0 Å². The second kappa shape index (κ2) is 6.71. The molecule has 0 radical (unpaired) electrons. The van der Waals surface area contributed by atoms with E-state index in [2.05, 4.69) is 13.0 Å². The molecule has 22 heavy (non-hydrogen) atoms. The fourth-order valence-electron chi connectivity index (χ4n) is 3.87. The summed E-state index contributed by atoms with van der Waals surface area (Å²) in [6.45, 7) is 2.59. The maximum Gasteiger partial charge on any atom is 0.263 e. The molecule has 0 saturated heterocycles. The first-order chi connectivity index (χ1) is 10.6. The molecular weight excluding hydrogens is 294 g/mol. The fourth-order valence-corrected chi connectivity index (χ4v) is 5.06. The van der Waals surface area contributed by atoms with Crippen molar-refractivity contribution in [2.75, 3.05) is 13.7 Å². The minimum absolute atomic E-state index is 0.194. The van der Waals surface area contributed by atoms with Crippen LogP contribution in [0.5, 0.6) is 0 Å². The Kier molecular flexibility index (Phi) is 4.88. The first-order valence-electron chi connectivity index (χ1n) is 8.58. The summed E-state index contributed by atoms with van der Waals surface area (Å²) in [5, 5.41) is 9.24. The molecule has 1 atom stereocenters. The van der Waals surface area contributed by atoms with E-state index >= 15 is 0 Å². The smallest absolute Gasteiger partial charge is 0.263 e. The van der Waals surface area contributed by atoms with Crippen LogP contribution in [0.25, 0.3) is 0 Å². The molecule has 1 unspecified atom stereocenters. The van der Waals surface area contributed by atoms with E-state index in [0.717, 1.165) is 49.3 Å². The largest absolute Gasteiger partial charge is 0.396 e. The quantitative estimate of drug-likeness (QED) is 0.925. The molecule has 0 aliphatic heterocycles. The summed E-state index contributed by atoms with van der Waals surface area (Å²) in [7, 11) is 1.95. The van der Waals surface area contributed by atoms with Gasteiger partial charge in [-0.2, -0.15) is 0 Å². The van der Waals surface area contributed by atoms with E-state index in [4.69, 9.17) is 0 Å². The van der Waals surface area contributed by atoms with Gasteiger partial charge in [-0.1, -0.05) is 6.92 Å². The number of carbonyl (C=O) groups excluding carboxylic acids is 1. The van der Waals surface area contributed by atoms with Gasteiger partial charge in [-0.05, 0) is 68.4 Å². The lowest BCUT2D eigenvalue weighted by molar-refractivity contribution is 0.0657. The van der Waals surface area contributed by atoms with E-state index in [-0.39, 0.29) is 5.91 Å². The molecular formula is C18H27NO2S. The lowest BCUT2D eigenvalue weighted by Crippen LogP contribution is -2.39. The maximum absolute atomic E-state index is 12.8. The van der Waals surface area contributed by atoms with Crippen LogP contribution in [0.3, 0.4) is 0 Å². The highest BCUT2D eigenvalue weighted by Gasteiger charge is 2.28. The minimum atomic E-state index is 0.194. The average molecular weight is 321 g/mol. The zero-order valence-electron chi connectivity index (χ0n) is 13.7. The highest BCUT2D eigenvalue weighted by atomic mass is 32.1. The monoisotopic (exact) mass is 321 g/mol. The summed E-state index contributed by atoms with van der Waals surface area (Å²) in [6.07, 6.45) is 7.64. The molecule has 1 N–H and O–H groups in total. The number of hydrogen-bond acceptors (Lipinski definition) is 3. The van der Waals surface area contributed by atoms with Crippen molar-refractivity contribution in [3.8, 4) is 0 Å². The Labute approximate surface area is 137 Å². The fraction of sp³-hybridized carbons (Fsp3) is 0.722. The Morgan fingerprint density at radius 2 is 2.05 bits per heavy atom. The summed E-state index contributed by atoms with van der Waals surface area (Å²) in [6, 6.07) is 2.49. The number of fused-ring (bicyclic) bond motifs is 1. The number of aliphatic hydroxyl groups is 1. The van der Waals surface area contributed by atoms with Crippen molar-refractivity contribution in [2.45, 2.75) is 57.9 Å². The predicted molar refractivity (Wildman–Crippen MR) is 90.4 cm³/mol. The number of hydrogen-bond donors (Lipinski definition) is 1. The summed E-state index contributed by atoms with van der Waals surface area (Å²) in [5.41, 5.74) is 1.41. The number of thiophene rings is 1. The Morgan fingerprint density at radius 3 is 2.73 bits per heavy atom. The third-order valence-corrected chi connectivity index (χ3v) is 6.71. The van der Waals surface area contributed by atoms with Gasteiger partial charge in [-0.15, -0.1) is 11.3 Å². The first kappa shape index (κ1) is 16.0. The molecule has 1 fully saturated rings. The summed E-state index contributed by atoms with van der Waals surface area (Å²) in [5.74, 6) is 1.38. The van der Waals surface area contributed by atoms with Crippen molar-refractivity contribution in [3.63, 3.8) is 0 Å². The van der Waals surface area contributed by atoms with Gasteiger partial charge in [0, 0.05) is 24.6 Å². The van der Waals surface area contributed by atoms with E-state index in [1.807, 2.05) is 11.9 Å². The van der Waals surface area contributed by atoms with Crippen LogP contribution < -0.4 is 0 Å². The van der Waals surface area contributed by atoms with Crippen LogP contribution in [0.4, 0.5) is 0 Å². The Morgan fingerprint density at radius 1 is 1.32 bits per heavy atom. The van der Waals surface area contributed by atoms with E-state index in [9.17, 15) is 9.90 Å². The molecule has 3 rings (SSSR count). The predicted octanol–water partition coefficient (Wildman–Crippen LogP) is 3.50. The van der Waals surface area contributed by atoms with Gasteiger partial charge >= 0.3 is 0 Å². The molecule has 4 heteroatoms. The number of rotatable bonds is 3. The van der Waals surface area contributed by atoms with Gasteiger partial charge in [0.25, 0.3) is 5.91 Å². The molecule has 3 nitrogen and oxygen atoms in total. The molecule has 0 spiro atoms. The number of aliphatic hydroxyl groups excluding tert-OH is 1. The highest BCUT2D eigenvalue weighted by molar-refractivity contribution is 7.14. The van der Waals surface area contributed by atoms with Gasteiger partial charge in [0.2, 0.25) is 0 Å². The molecule has 1 saturated carbocycles. The SMILES string of the molecule is CC1CCc2sc(C(=O)N(C)C3CCC(CO)CC3)cc2C1. The summed E-state index contributed by atoms with van der Waals surface area (Å²) in [4.78, 5) is 17.1. The van der Waals surface area contributed by atoms with E-state index in [0.29, 0.717) is 18.6 Å². The number of nitrogens with zero attached hydrogens (tertiary/aromatic N) is 1. The molecule has 1 aromatic heterocycles. The highest BCUT2D eigenvalue weighted by Crippen LogP contribution is 2.34. The summed E-state index contributed by atoms with van der Waals surface area (Å²) < 4.78 is 0. The van der Waals surface area contributed by atoms with Gasteiger partial charge in [0.05, 0.1) is 4.88 Å². The van der Waals surface area contributed by atoms with Gasteiger partial charge in [0.15, 0.2) is 0 Å². The van der Waals surface area contributed by atoms with Crippen LogP contribution in [0, 0.1) is 11.8 Å². The molecule has 2 aliphatic carbocycles. The van der Waals surface area contributed by atoms with Crippen molar-refractivity contribution < 1.29 is 9.90 Å². The van der Waals surface area contributed by atoms with E-state index < -0.39 is 0 Å². The van der Waals surface area contributed by atoms with Gasteiger partial charge in [0.1, 0.15) is 0 Å². The molecule has 1 aromatic rings. The van der Waals surface area contributed by atoms with E-state index in [1.54, 1.807) is 11.3 Å². The van der Waals surface area contributed by atoms with Crippen LogP contribution in [0.1, 0.15) is 59.1 Å². The van der Waals surface area contributed by atoms with Crippen molar-refractivity contribution in [2.24, 2.45) is 11.8 Å². The van der Waals surface area contributed by atoms with Crippen molar-refractivity contribution in [3.05, 3.63) is 21.4 Å². The lowest BCUT2D eigenvalue weighted by Gasteiger charge is -2.34. The Hall–Kier alpha value is -0.870. The second-order valence-corrected chi connectivity index (χ2v) is 8.32. The first-order valence-corrected chi connectivity index (χ1v) is 9.39. The van der Waals surface area contributed by atoms with Gasteiger partial charge in [-0.3, -0.25) is 4.79 Å².